The molecule has 0 radical (unpaired) electrons. The van der Waals surface area contributed by atoms with Crippen molar-refractivity contribution < 1.29 is 4.79 Å². The molecule has 0 aliphatic carbocycles. The van der Waals surface area contributed by atoms with Crippen molar-refractivity contribution in [3.8, 4) is 0 Å². The normalized spacial score (nSPS) is 27.8. The van der Waals surface area contributed by atoms with Crippen molar-refractivity contribution >= 4 is 6.29 Å². The molecule has 0 bridgehead atoms. The fourth-order valence-electron chi connectivity index (χ4n) is 1.54. The minimum atomic E-state index is 0.0983. The number of hydrogen-bond donors (Lipinski definition) is 0. The van der Waals surface area contributed by atoms with Crippen LogP contribution in [0, 0.1) is 0 Å². The van der Waals surface area contributed by atoms with Crippen LogP contribution in [-0.2, 0) is 4.79 Å². The largest absolute Gasteiger partial charge is 0.302 e. The summed E-state index contributed by atoms with van der Waals surface area (Å²) in [6, 6.07) is 0.655. The van der Waals surface area contributed by atoms with E-state index in [1.165, 1.54) is 0 Å². The smallest absolute Gasteiger partial charge is 0.138 e. The summed E-state index contributed by atoms with van der Waals surface area (Å²) >= 11 is 0. The Bertz CT molecular complexity index is 159. The van der Waals surface area contributed by atoms with Crippen LogP contribution in [0.5, 0.6) is 0 Å². The second-order valence-corrected chi connectivity index (χ2v) is 3.77. The van der Waals surface area contributed by atoms with E-state index in [0.717, 1.165) is 25.9 Å². The Labute approximate surface area is 74.3 Å². The summed E-state index contributed by atoms with van der Waals surface area (Å²) in [7, 11) is 2.01. The van der Waals surface area contributed by atoms with Crippen molar-refractivity contribution in [2.24, 2.45) is 0 Å². The van der Waals surface area contributed by atoms with E-state index >= 15 is 0 Å². The number of rotatable bonds is 2. The van der Waals surface area contributed by atoms with Gasteiger partial charge < -0.3 is 4.79 Å². The molecule has 1 atom stereocenters. The fraction of sp³-hybridized carbons (Fsp3) is 0.889. The lowest BCUT2D eigenvalue weighted by atomic mass is 10.1. The van der Waals surface area contributed by atoms with E-state index in [9.17, 15) is 4.79 Å². The van der Waals surface area contributed by atoms with Crippen LogP contribution < -0.4 is 0 Å². The zero-order valence-electron chi connectivity index (χ0n) is 8.16. The summed E-state index contributed by atoms with van der Waals surface area (Å²) in [5, 5.41) is 0. The molecule has 1 fully saturated rings. The Balaban J connectivity index is 2.49. The lowest BCUT2D eigenvalue weighted by Crippen LogP contribution is -2.53. The van der Waals surface area contributed by atoms with Crippen LogP contribution in [0.25, 0.3) is 0 Å². The minimum Gasteiger partial charge on any atom is -0.302 e. The summed E-state index contributed by atoms with van der Waals surface area (Å²) in [4.78, 5) is 15.1. The Hall–Kier alpha value is -0.410. The number of carbonyl (C=O) groups excluding carboxylic acids is 1. The van der Waals surface area contributed by atoms with Crippen molar-refractivity contribution in [1.82, 2.24) is 9.80 Å². The summed E-state index contributed by atoms with van der Waals surface area (Å²) in [5.41, 5.74) is 0. The maximum Gasteiger partial charge on any atom is 0.138 e. The highest BCUT2D eigenvalue weighted by Gasteiger charge is 2.24. The first-order valence-electron chi connectivity index (χ1n) is 4.54. The minimum absolute atomic E-state index is 0.0983. The third-order valence-electron chi connectivity index (χ3n) is 2.62. The van der Waals surface area contributed by atoms with Crippen molar-refractivity contribution in [2.75, 3.05) is 26.7 Å². The van der Waals surface area contributed by atoms with E-state index in [4.69, 9.17) is 0 Å². The molecule has 0 amide bonds. The van der Waals surface area contributed by atoms with Crippen molar-refractivity contribution in [2.45, 2.75) is 25.9 Å². The molecule has 70 valence electrons. The number of piperazine rings is 1. The van der Waals surface area contributed by atoms with Gasteiger partial charge in [0, 0.05) is 25.7 Å². The topological polar surface area (TPSA) is 23.6 Å². The first-order chi connectivity index (χ1) is 5.65. The molecule has 0 spiro atoms. The van der Waals surface area contributed by atoms with Crippen molar-refractivity contribution in [1.29, 1.82) is 0 Å². The van der Waals surface area contributed by atoms with Gasteiger partial charge >= 0.3 is 0 Å². The highest BCUT2D eigenvalue weighted by molar-refractivity contribution is 5.58. The van der Waals surface area contributed by atoms with Gasteiger partial charge in [0.15, 0.2) is 0 Å². The Morgan fingerprint density at radius 1 is 1.42 bits per heavy atom. The number of likely N-dealkylation sites (N-methyl/N-ethyl adjacent to an activating group) is 1. The summed E-state index contributed by atoms with van der Waals surface area (Å²) in [6.45, 7) is 7.32. The predicted molar refractivity (Wildman–Crippen MR) is 49.2 cm³/mol. The third-order valence-corrected chi connectivity index (χ3v) is 2.62. The lowest BCUT2D eigenvalue weighted by Gasteiger charge is -2.38. The maximum absolute atomic E-state index is 10.7. The third kappa shape index (κ3) is 2.05. The Morgan fingerprint density at radius 2 is 2.08 bits per heavy atom. The van der Waals surface area contributed by atoms with E-state index in [0.29, 0.717) is 6.04 Å². The number of nitrogens with zero attached hydrogens (tertiary/aromatic N) is 2. The highest BCUT2D eigenvalue weighted by atomic mass is 16.1. The second-order valence-electron chi connectivity index (χ2n) is 3.77. The molecule has 3 nitrogen and oxygen atoms in total. The van der Waals surface area contributed by atoms with Crippen LogP contribution in [-0.4, -0.2) is 54.9 Å². The lowest BCUT2D eigenvalue weighted by molar-refractivity contribution is -0.114. The quantitative estimate of drug-likeness (QED) is 0.553. The van der Waals surface area contributed by atoms with Crippen LogP contribution in [0.4, 0.5) is 0 Å². The van der Waals surface area contributed by atoms with Crippen LogP contribution in [0.15, 0.2) is 0 Å². The highest BCUT2D eigenvalue weighted by Crippen LogP contribution is 2.08. The molecular formula is C9H18N2O. The number of carbonyl (C=O) groups is 1. The van der Waals surface area contributed by atoms with Crippen molar-refractivity contribution in [3.63, 3.8) is 0 Å². The fourth-order valence-corrected chi connectivity index (χ4v) is 1.54. The SMILES string of the molecule is CC(C)N1CCN(C)C(C=O)C1. The maximum atomic E-state index is 10.7. The van der Waals surface area contributed by atoms with E-state index in [-0.39, 0.29) is 6.04 Å². The molecule has 12 heavy (non-hydrogen) atoms. The van der Waals surface area contributed by atoms with Gasteiger partial charge in [0.2, 0.25) is 0 Å². The first kappa shape index (κ1) is 9.68. The van der Waals surface area contributed by atoms with Gasteiger partial charge in [-0.05, 0) is 20.9 Å². The van der Waals surface area contributed by atoms with Crippen LogP contribution >= 0.6 is 0 Å². The molecule has 0 N–H and O–H groups in total. The van der Waals surface area contributed by atoms with Gasteiger partial charge in [-0.1, -0.05) is 0 Å². The zero-order valence-corrected chi connectivity index (χ0v) is 8.16. The standard InChI is InChI=1S/C9H18N2O/c1-8(2)11-5-4-10(3)9(6-11)7-12/h7-9H,4-6H2,1-3H3. The Kier molecular flexibility index (Phi) is 3.23. The molecule has 1 aliphatic heterocycles. The average molecular weight is 170 g/mol. The molecular weight excluding hydrogens is 152 g/mol. The van der Waals surface area contributed by atoms with E-state index in [2.05, 4.69) is 23.6 Å². The van der Waals surface area contributed by atoms with Gasteiger partial charge in [-0.3, -0.25) is 9.80 Å². The average Bonchev–Trinajstić information content (AvgIpc) is 2.05. The van der Waals surface area contributed by atoms with Gasteiger partial charge in [-0.25, -0.2) is 0 Å². The molecule has 0 aromatic carbocycles. The molecule has 1 saturated heterocycles. The zero-order chi connectivity index (χ0) is 9.14. The summed E-state index contributed by atoms with van der Waals surface area (Å²) in [5.74, 6) is 0. The number of aldehydes is 1. The van der Waals surface area contributed by atoms with E-state index in [1.54, 1.807) is 0 Å². The molecule has 3 heteroatoms. The summed E-state index contributed by atoms with van der Waals surface area (Å²) < 4.78 is 0. The number of hydrogen-bond acceptors (Lipinski definition) is 3. The van der Waals surface area contributed by atoms with Crippen LogP contribution in [0.3, 0.4) is 0 Å². The first-order valence-corrected chi connectivity index (χ1v) is 4.54. The molecule has 1 unspecified atom stereocenters. The Morgan fingerprint density at radius 3 is 2.58 bits per heavy atom. The van der Waals surface area contributed by atoms with Crippen molar-refractivity contribution in [3.05, 3.63) is 0 Å². The van der Waals surface area contributed by atoms with Gasteiger partial charge in [0.05, 0.1) is 6.04 Å². The predicted octanol–water partition coefficient (Wildman–Crippen LogP) is 0.210. The molecule has 0 aromatic heterocycles. The molecule has 1 heterocycles. The molecule has 0 aromatic rings. The second kappa shape index (κ2) is 4.01. The van der Waals surface area contributed by atoms with Crippen LogP contribution in [0.2, 0.25) is 0 Å². The van der Waals surface area contributed by atoms with E-state index in [1.807, 2.05) is 7.05 Å². The summed E-state index contributed by atoms with van der Waals surface area (Å²) in [6.07, 6.45) is 1.05. The van der Waals surface area contributed by atoms with Crippen LogP contribution in [0.1, 0.15) is 13.8 Å². The van der Waals surface area contributed by atoms with Gasteiger partial charge in [0.25, 0.3) is 0 Å². The van der Waals surface area contributed by atoms with E-state index < -0.39 is 0 Å². The van der Waals surface area contributed by atoms with Gasteiger partial charge in [-0.2, -0.15) is 0 Å². The molecule has 1 aliphatic rings. The molecule has 0 saturated carbocycles. The van der Waals surface area contributed by atoms with Gasteiger partial charge in [0.1, 0.15) is 6.29 Å². The molecule has 1 rings (SSSR count). The monoisotopic (exact) mass is 170 g/mol. The van der Waals surface area contributed by atoms with Gasteiger partial charge in [-0.15, -0.1) is 0 Å².